The Labute approximate surface area is 319 Å². The number of hydrogen-bond donors (Lipinski definition) is 0. The Kier molecular flexibility index (Phi) is 6.48. The summed E-state index contributed by atoms with van der Waals surface area (Å²) < 4.78 is 5.40. The molecule has 0 bridgehead atoms. The van der Waals surface area contributed by atoms with Gasteiger partial charge in [-0.2, -0.15) is 0 Å². The van der Waals surface area contributed by atoms with Crippen LogP contribution < -0.4 is 0 Å². The van der Waals surface area contributed by atoms with E-state index in [1.807, 2.05) is 22.7 Å². The topological polar surface area (TPSA) is 0 Å². The molecule has 0 spiro atoms. The van der Waals surface area contributed by atoms with Gasteiger partial charge in [-0.15, -0.1) is 22.7 Å². The van der Waals surface area contributed by atoms with Gasteiger partial charge < -0.3 is 0 Å². The Hall–Kier alpha value is -6.32. The maximum atomic E-state index is 2.44. The van der Waals surface area contributed by atoms with Crippen LogP contribution in [0.4, 0.5) is 0 Å². The predicted octanol–water partition coefficient (Wildman–Crippen LogP) is 16.0. The first-order chi connectivity index (χ1) is 26.8. The van der Waals surface area contributed by atoms with Crippen molar-refractivity contribution in [2.75, 3.05) is 0 Å². The largest absolute Gasteiger partial charge is 0.135 e. The molecule has 54 heavy (non-hydrogen) atoms. The zero-order valence-electron chi connectivity index (χ0n) is 29.1. The van der Waals surface area contributed by atoms with E-state index in [1.54, 1.807) is 0 Å². The van der Waals surface area contributed by atoms with Crippen LogP contribution >= 0.6 is 22.7 Å². The molecule has 0 amide bonds. The van der Waals surface area contributed by atoms with E-state index in [4.69, 9.17) is 0 Å². The van der Waals surface area contributed by atoms with Crippen molar-refractivity contribution in [3.63, 3.8) is 0 Å². The molecule has 12 aromatic rings. The first kappa shape index (κ1) is 30.2. The van der Waals surface area contributed by atoms with Crippen molar-refractivity contribution in [3.8, 4) is 33.4 Å². The standard InChI is InChI=1S/C52H30S2/c1-2-12-31(13-3-1)50-38-17-6-8-19-40(38)51(41-20-9-7-18-39(41)50)42-26-25-34(35-14-4-5-15-36(35)42)32-23-27-48-45(28-32)43-24-22-33-29-49-46(30-44(33)52(43)54-48)37-16-10-11-21-47(37)53-49/h1-30H. The number of hydrogen-bond acceptors (Lipinski definition) is 2. The summed E-state index contributed by atoms with van der Waals surface area (Å²) in [6, 6.07) is 67.8. The third kappa shape index (κ3) is 4.36. The van der Waals surface area contributed by atoms with Gasteiger partial charge in [0.2, 0.25) is 0 Å². The van der Waals surface area contributed by atoms with Gasteiger partial charge >= 0.3 is 0 Å². The van der Waals surface area contributed by atoms with Gasteiger partial charge in [-0.05, 0) is 101 Å². The van der Waals surface area contributed by atoms with Crippen LogP contribution in [0.1, 0.15) is 0 Å². The minimum Gasteiger partial charge on any atom is -0.135 e. The second kappa shape index (κ2) is 11.6. The van der Waals surface area contributed by atoms with Crippen molar-refractivity contribution in [3.05, 3.63) is 182 Å². The van der Waals surface area contributed by atoms with E-state index in [0.717, 1.165) is 0 Å². The van der Waals surface area contributed by atoms with Gasteiger partial charge in [-0.3, -0.25) is 0 Å². The van der Waals surface area contributed by atoms with E-state index >= 15 is 0 Å². The average molecular weight is 719 g/mol. The maximum Gasteiger partial charge on any atom is 0.0434 e. The fourth-order valence-electron chi connectivity index (χ4n) is 9.05. The van der Waals surface area contributed by atoms with E-state index in [9.17, 15) is 0 Å². The van der Waals surface area contributed by atoms with Crippen LogP contribution in [-0.2, 0) is 0 Å². The molecule has 2 heteroatoms. The maximum absolute atomic E-state index is 2.44. The summed E-state index contributed by atoms with van der Waals surface area (Å²) in [6.45, 7) is 0. The Balaban J connectivity index is 1.07. The van der Waals surface area contributed by atoms with Crippen molar-refractivity contribution < 1.29 is 0 Å². The molecule has 0 atom stereocenters. The normalized spacial score (nSPS) is 12.1. The fourth-order valence-corrected chi connectivity index (χ4v) is 11.4. The number of fused-ring (bicyclic) bond motifs is 11. The lowest BCUT2D eigenvalue weighted by Gasteiger charge is -2.19. The SMILES string of the molecule is c1ccc(-c2c3ccccc3c(-c3ccc(-c4ccc5sc6c7cc8c(cc7ccc6c5c4)sc4ccccc48)c4ccccc34)c3ccccc23)cc1. The van der Waals surface area contributed by atoms with E-state index in [-0.39, 0.29) is 0 Å². The molecule has 0 saturated carbocycles. The summed E-state index contributed by atoms with van der Waals surface area (Å²) >= 11 is 3.81. The molecular formula is C52H30S2. The molecule has 0 nitrogen and oxygen atoms in total. The highest BCUT2D eigenvalue weighted by atomic mass is 32.1. The van der Waals surface area contributed by atoms with Gasteiger partial charge in [-0.1, -0.05) is 152 Å². The lowest BCUT2D eigenvalue weighted by atomic mass is 9.84. The van der Waals surface area contributed by atoms with Crippen LogP contribution in [0, 0.1) is 0 Å². The molecule has 0 aliphatic carbocycles. The number of benzene rings is 10. The first-order valence-corrected chi connectivity index (χ1v) is 20.1. The Morgan fingerprint density at radius 3 is 1.57 bits per heavy atom. The molecule has 0 aliphatic rings. The van der Waals surface area contributed by atoms with Crippen molar-refractivity contribution in [2.24, 2.45) is 0 Å². The van der Waals surface area contributed by atoms with Crippen LogP contribution in [0.15, 0.2) is 182 Å². The highest BCUT2D eigenvalue weighted by molar-refractivity contribution is 7.27. The Morgan fingerprint density at radius 2 is 0.833 bits per heavy atom. The quantitative estimate of drug-likeness (QED) is 0.160. The fraction of sp³-hybridized carbons (Fsp3) is 0. The molecule has 0 saturated heterocycles. The molecule has 0 unspecified atom stereocenters. The summed E-state index contributed by atoms with van der Waals surface area (Å²) in [4.78, 5) is 0. The molecule has 10 aromatic carbocycles. The molecule has 12 rings (SSSR count). The van der Waals surface area contributed by atoms with Crippen LogP contribution in [0.3, 0.4) is 0 Å². The smallest absolute Gasteiger partial charge is 0.0434 e. The monoisotopic (exact) mass is 718 g/mol. The number of rotatable bonds is 3. The second-order valence-electron chi connectivity index (χ2n) is 14.3. The van der Waals surface area contributed by atoms with Gasteiger partial charge in [0.05, 0.1) is 0 Å². The van der Waals surface area contributed by atoms with Crippen LogP contribution in [0.2, 0.25) is 0 Å². The third-order valence-corrected chi connectivity index (χ3v) is 13.8. The molecular weight excluding hydrogens is 689 g/mol. The lowest BCUT2D eigenvalue weighted by molar-refractivity contribution is 1.66. The predicted molar refractivity (Wildman–Crippen MR) is 239 cm³/mol. The Morgan fingerprint density at radius 1 is 0.259 bits per heavy atom. The molecule has 0 fully saturated rings. The molecule has 2 aromatic heterocycles. The van der Waals surface area contributed by atoms with Crippen molar-refractivity contribution in [2.45, 2.75) is 0 Å². The lowest BCUT2D eigenvalue weighted by Crippen LogP contribution is -1.92. The van der Waals surface area contributed by atoms with Gasteiger partial charge in [0.1, 0.15) is 0 Å². The van der Waals surface area contributed by atoms with E-state index in [1.165, 1.54) is 117 Å². The van der Waals surface area contributed by atoms with Crippen LogP contribution in [-0.4, -0.2) is 0 Å². The van der Waals surface area contributed by atoms with Crippen LogP contribution in [0.5, 0.6) is 0 Å². The van der Waals surface area contributed by atoms with Crippen molar-refractivity contribution in [1.82, 2.24) is 0 Å². The average Bonchev–Trinajstić information content (AvgIpc) is 3.79. The van der Waals surface area contributed by atoms with Gasteiger partial charge in [0.25, 0.3) is 0 Å². The zero-order chi connectivity index (χ0) is 35.3. The van der Waals surface area contributed by atoms with Gasteiger partial charge in [0, 0.05) is 45.7 Å². The molecule has 0 aliphatic heterocycles. The summed E-state index contributed by atoms with van der Waals surface area (Å²) in [5, 5.41) is 15.7. The molecule has 0 N–H and O–H groups in total. The van der Waals surface area contributed by atoms with E-state index in [2.05, 4.69) is 182 Å². The molecule has 0 radical (unpaired) electrons. The molecule has 250 valence electrons. The summed E-state index contributed by atoms with van der Waals surface area (Å²) in [6.07, 6.45) is 0. The zero-order valence-corrected chi connectivity index (χ0v) is 30.8. The summed E-state index contributed by atoms with van der Waals surface area (Å²) in [5.41, 5.74) is 7.61. The highest BCUT2D eigenvalue weighted by Gasteiger charge is 2.19. The van der Waals surface area contributed by atoms with Crippen molar-refractivity contribution >= 4 is 106 Å². The van der Waals surface area contributed by atoms with Crippen LogP contribution in [0.25, 0.3) is 117 Å². The van der Waals surface area contributed by atoms with E-state index < -0.39 is 0 Å². The molecule has 2 heterocycles. The van der Waals surface area contributed by atoms with Gasteiger partial charge in [-0.25, -0.2) is 0 Å². The van der Waals surface area contributed by atoms with E-state index in [0.29, 0.717) is 0 Å². The minimum absolute atomic E-state index is 1.24. The Bertz CT molecular complexity index is 3430. The van der Waals surface area contributed by atoms with Gasteiger partial charge in [0.15, 0.2) is 0 Å². The highest BCUT2D eigenvalue weighted by Crippen LogP contribution is 2.48. The third-order valence-electron chi connectivity index (χ3n) is 11.4. The van der Waals surface area contributed by atoms with Crippen molar-refractivity contribution in [1.29, 1.82) is 0 Å². The second-order valence-corrected chi connectivity index (χ2v) is 16.5. The summed E-state index contributed by atoms with van der Waals surface area (Å²) in [7, 11) is 0. The minimum atomic E-state index is 1.24. The summed E-state index contributed by atoms with van der Waals surface area (Å²) in [5.74, 6) is 0. The number of thiophene rings is 2. The first-order valence-electron chi connectivity index (χ1n) is 18.5.